The monoisotopic (exact) mass is 630 g/mol. The van der Waals surface area contributed by atoms with Gasteiger partial charge >= 0.3 is 0 Å². The van der Waals surface area contributed by atoms with Crippen molar-refractivity contribution in [3.8, 4) is 0 Å². The average molecular weight is 631 g/mol. The molecule has 241 valence electrons. The molecule has 17 unspecified atom stereocenters. The van der Waals surface area contributed by atoms with E-state index in [4.69, 9.17) is 5.73 Å². The van der Waals surface area contributed by atoms with Crippen LogP contribution in [0.1, 0.15) is 96.3 Å². The minimum absolute atomic E-state index is 0. The Morgan fingerprint density at radius 2 is 0.571 bits per heavy atom. The van der Waals surface area contributed by atoms with E-state index >= 15 is 0 Å². The van der Waals surface area contributed by atoms with Crippen molar-refractivity contribution < 1.29 is 17.1 Å². The van der Waals surface area contributed by atoms with Crippen molar-refractivity contribution in [3.05, 3.63) is 0 Å². The summed E-state index contributed by atoms with van der Waals surface area (Å²) in [6.07, 6.45) is 23.0. The summed E-state index contributed by atoms with van der Waals surface area (Å²) in [7, 11) is 0. The summed E-state index contributed by atoms with van der Waals surface area (Å²) in [6, 6.07) is 0.279. The minimum atomic E-state index is 0. The van der Waals surface area contributed by atoms with Gasteiger partial charge < -0.3 is 5.73 Å². The van der Waals surface area contributed by atoms with Crippen LogP contribution in [0.2, 0.25) is 0 Å². The standard InChI is InChI=1S/C32H57N9.Cu/c33-23-15-7-14-22-24(23)32-40-30-21-13-6-5-12-20(21)28(38-30)36-26-17-9-2-1-8-16(17)25(34-26)35-27-18-10-3-4-11-19(18)29(37-27)39-31(22)41-32;/h16-32,34-41H,1-15,33H2;. The van der Waals surface area contributed by atoms with E-state index in [1.165, 1.54) is 89.9 Å². The zero-order chi connectivity index (χ0) is 27.1. The van der Waals surface area contributed by atoms with Crippen molar-refractivity contribution in [2.24, 2.45) is 53.1 Å². The molecule has 9 aliphatic rings. The van der Waals surface area contributed by atoms with Crippen LogP contribution in [0, 0.1) is 47.3 Å². The van der Waals surface area contributed by atoms with Gasteiger partial charge in [-0.2, -0.15) is 0 Å². The molecular weight excluding hydrogens is 574 g/mol. The summed E-state index contributed by atoms with van der Waals surface area (Å²) in [4.78, 5) is 0. The van der Waals surface area contributed by atoms with Crippen LogP contribution in [-0.4, -0.2) is 55.4 Å². The zero-order valence-electron chi connectivity index (χ0n) is 25.3. The Balaban J connectivity index is 0.00000267. The van der Waals surface area contributed by atoms with Gasteiger partial charge in [-0.25, -0.2) is 0 Å². The SMILES string of the molecule is NC1CCCC2C3NC4NC(NC5NC(NC6NC(NC(N3)C12)C1CCCCC61)C1CCCCC51)C1CCCCC41.[Cu]. The fourth-order valence-corrected chi connectivity index (χ4v) is 12.1. The van der Waals surface area contributed by atoms with Crippen molar-refractivity contribution in [3.63, 3.8) is 0 Å². The third-order valence-corrected chi connectivity index (χ3v) is 13.9. The molecule has 0 aromatic carbocycles. The van der Waals surface area contributed by atoms with E-state index in [1.54, 1.807) is 0 Å². The molecule has 17 atom stereocenters. The average Bonchev–Trinajstić information content (AvgIpc) is 3.73. The van der Waals surface area contributed by atoms with Crippen molar-refractivity contribution in [1.82, 2.24) is 42.5 Å². The number of nitrogens with one attached hydrogen (secondary N) is 8. The molecule has 4 saturated carbocycles. The summed E-state index contributed by atoms with van der Waals surface area (Å²) in [5.74, 6) is 5.37. The molecular formula is C32H57CuN9. The molecule has 0 amide bonds. The van der Waals surface area contributed by atoms with Crippen molar-refractivity contribution in [1.29, 1.82) is 0 Å². The topological polar surface area (TPSA) is 122 Å². The van der Waals surface area contributed by atoms with Gasteiger partial charge in [0, 0.05) is 29.0 Å². The van der Waals surface area contributed by atoms with Gasteiger partial charge in [-0.1, -0.05) is 44.9 Å². The maximum Gasteiger partial charge on any atom is 0.0643 e. The van der Waals surface area contributed by atoms with Crippen LogP contribution < -0.4 is 48.3 Å². The largest absolute Gasteiger partial charge is 0.327 e. The molecule has 5 heterocycles. The number of hydrogen-bond acceptors (Lipinski definition) is 9. The fraction of sp³-hybridized carbons (Fsp3) is 1.00. The maximum atomic E-state index is 6.95. The number of nitrogens with two attached hydrogens (primary N) is 1. The van der Waals surface area contributed by atoms with Crippen molar-refractivity contribution in [2.75, 3.05) is 0 Å². The predicted molar refractivity (Wildman–Crippen MR) is 161 cm³/mol. The van der Waals surface area contributed by atoms with Gasteiger partial charge in [0.25, 0.3) is 0 Å². The Hall–Kier alpha value is 0.159. The van der Waals surface area contributed by atoms with Gasteiger partial charge in [0.15, 0.2) is 0 Å². The maximum absolute atomic E-state index is 6.95. The van der Waals surface area contributed by atoms with Crippen molar-refractivity contribution >= 4 is 0 Å². The fourth-order valence-electron chi connectivity index (χ4n) is 12.1. The predicted octanol–water partition coefficient (Wildman–Crippen LogP) is 1.54. The van der Waals surface area contributed by atoms with E-state index in [0.29, 0.717) is 78.7 Å². The molecule has 5 aliphatic heterocycles. The zero-order valence-corrected chi connectivity index (χ0v) is 26.2. The Morgan fingerprint density at radius 1 is 0.310 bits per heavy atom. The summed E-state index contributed by atoms with van der Waals surface area (Å²) in [6.45, 7) is 0. The minimum Gasteiger partial charge on any atom is -0.327 e. The molecule has 10 heteroatoms. The van der Waals surface area contributed by atoms with Crippen LogP contribution in [-0.2, 0) is 17.1 Å². The van der Waals surface area contributed by atoms with Gasteiger partial charge in [0.2, 0.25) is 0 Å². The van der Waals surface area contributed by atoms with E-state index in [0.717, 1.165) is 18.3 Å². The second kappa shape index (κ2) is 12.1. The molecule has 5 saturated heterocycles. The molecule has 8 bridgehead atoms. The Kier molecular flexibility index (Phi) is 8.49. The molecule has 4 aliphatic carbocycles. The molecule has 0 aromatic rings. The van der Waals surface area contributed by atoms with Gasteiger partial charge in [0.05, 0.1) is 49.3 Å². The summed E-state index contributed by atoms with van der Waals surface area (Å²) in [5, 5.41) is 33.6. The quantitative estimate of drug-likeness (QED) is 0.184. The van der Waals surface area contributed by atoms with Gasteiger partial charge in [0.1, 0.15) is 0 Å². The van der Waals surface area contributed by atoms with Crippen LogP contribution in [0.3, 0.4) is 0 Å². The first-order chi connectivity index (χ1) is 20.2. The first-order valence-electron chi connectivity index (χ1n) is 18.1. The number of fused-ring (bicyclic) bond motifs is 20. The van der Waals surface area contributed by atoms with Gasteiger partial charge in [-0.3, -0.25) is 42.5 Å². The van der Waals surface area contributed by atoms with Crippen LogP contribution >= 0.6 is 0 Å². The second-order valence-electron chi connectivity index (χ2n) is 15.8. The molecule has 0 spiro atoms. The number of hydrogen-bond donors (Lipinski definition) is 9. The molecule has 9 rings (SSSR count). The van der Waals surface area contributed by atoms with Crippen LogP contribution in [0.4, 0.5) is 0 Å². The van der Waals surface area contributed by atoms with E-state index in [1.807, 2.05) is 0 Å². The Morgan fingerprint density at radius 3 is 0.905 bits per heavy atom. The third-order valence-electron chi connectivity index (χ3n) is 13.9. The first kappa shape index (κ1) is 29.6. The molecule has 9 fully saturated rings. The summed E-state index contributed by atoms with van der Waals surface area (Å²) in [5.41, 5.74) is 6.95. The summed E-state index contributed by atoms with van der Waals surface area (Å²) >= 11 is 0. The van der Waals surface area contributed by atoms with E-state index < -0.39 is 0 Å². The Labute approximate surface area is 263 Å². The molecule has 42 heavy (non-hydrogen) atoms. The normalized spacial score (nSPS) is 56.9. The van der Waals surface area contributed by atoms with E-state index in [2.05, 4.69) is 42.5 Å². The summed E-state index contributed by atoms with van der Waals surface area (Å²) < 4.78 is 0. The van der Waals surface area contributed by atoms with Crippen LogP contribution in [0.25, 0.3) is 0 Å². The van der Waals surface area contributed by atoms with Crippen molar-refractivity contribution in [2.45, 2.75) is 152 Å². The molecule has 9 nitrogen and oxygen atoms in total. The molecule has 0 aromatic heterocycles. The first-order valence-corrected chi connectivity index (χ1v) is 18.1. The van der Waals surface area contributed by atoms with Crippen LogP contribution in [0.15, 0.2) is 0 Å². The van der Waals surface area contributed by atoms with Gasteiger partial charge in [-0.05, 0) is 92.8 Å². The molecule has 10 N–H and O–H groups in total. The van der Waals surface area contributed by atoms with E-state index in [9.17, 15) is 0 Å². The smallest absolute Gasteiger partial charge is 0.0643 e. The Bertz CT molecular complexity index is 955. The molecule has 1 radical (unpaired) electrons. The second-order valence-corrected chi connectivity index (χ2v) is 15.8. The van der Waals surface area contributed by atoms with E-state index in [-0.39, 0.29) is 29.3 Å². The third kappa shape index (κ3) is 4.98. The van der Waals surface area contributed by atoms with Crippen LogP contribution in [0.5, 0.6) is 0 Å². The van der Waals surface area contributed by atoms with Gasteiger partial charge in [-0.15, -0.1) is 0 Å². The number of rotatable bonds is 0.